The fourth-order valence-electron chi connectivity index (χ4n) is 1.26. The Morgan fingerprint density at radius 1 is 1.41 bits per heavy atom. The van der Waals surface area contributed by atoms with Crippen molar-refractivity contribution in [1.82, 2.24) is 0 Å². The Balaban J connectivity index is 3.05. The maximum atomic E-state index is 11.0. The normalized spacial score (nSPS) is 10.1. The number of thioether (sulfide) groups is 1. The summed E-state index contributed by atoms with van der Waals surface area (Å²) in [5, 5.41) is 19.5. The van der Waals surface area contributed by atoms with Gasteiger partial charge in [0.15, 0.2) is 11.5 Å². The highest BCUT2D eigenvalue weighted by Gasteiger charge is 2.18. The second kappa shape index (κ2) is 5.67. The van der Waals surface area contributed by atoms with Crippen molar-refractivity contribution < 1.29 is 24.5 Å². The minimum atomic E-state index is -0.420. The molecule has 0 aromatic heterocycles. The van der Waals surface area contributed by atoms with Gasteiger partial charge < -0.3 is 19.7 Å². The zero-order valence-electron chi connectivity index (χ0n) is 9.81. The molecule has 0 saturated heterocycles. The van der Waals surface area contributed by atoms with Gasteiger partial charge in [-0.05, 0) is 18.6 Å². The minimum Gasteiger partial charge on any atom is -0.507 e. The summed E-state index contributed by atoms with van der Waals surface area (Å²) in [7, 11) is 2.67. The molecule has 0 spiro atoms. The minimum absolute atomic E-state index is 0.0307. The van der Waals surface area contributed by atoms with Crippen LogP contribution in [0.2, 0.25) is 0 Å². The van der Waals surface area contributed by atoms with Crippen molar-refractivity contribution in [3.8, 4) is 17.2 Å². The molecule has 0 unspecified atom stereocenters. The largest absolute Gasteiger partial charge is 0.507 e. The topological polar surface area (TPSA) is 76.0 Å². The van der Waals surface area contributed by atoms with Gasteiger partial charge in [-0.15, -0.1) is 11.8 Å². The van der Waals surface area contributed by atoms with Crippen LogP contribution in [0.4, 0.5) is 0 Å². The highest BCUT2D eigenvalue weighted by atomic mass is 32.2. The summed E-state index contributed by atoms with van der Waals surface area (Å²) < 4.78 is 9.52. The molecule has 0 aliphatic carbocycles. The lowest BCUT2D eigenvalue weighted by atomic mass is 10.2. The van der Waals surface area contributed by atoms with Crippen molar-refractivity contribution in [2.24, 2.45) is 0 Å². The van der Waals surface area contributed by atoms with Gasteiger partial charge in [-0.3, -0.25) is 4.79 Å². The number of hydrogen-bond acceptors (Lipinski definition) is 6. The average Bonchev–Trinajstić information content (AvgIpc) is 2.31. The van der Waals surface area contributed by atoms with Crippen molar-refractivity contribution in [2.45, 2.75) is 11.8 Å². The zero-order valence-corrected chi connectivity index (χ0v) is 10.6. The van der Waals surface area contributed by atoms with Crippen molar-refractivity contribution in [1.29, 1.82) is 0 Å². The van der Waals surface area contributed by atoms with E-state index in [1.54, 1.807) is 6.92 Å². The molecule has 0 aliphatic heterocycles. The van der Waals surface area contributed by atoms with Crippen LogP contribution in [0, 0.1) is 6.92 Å². The van der Waals surface area contributed by atoms with E-state index in [0.29, 0.717) is 10.5 Å². The molecule has 0 radical (unpaired) electrons. The molecule has 1 aromatic rings. The van der Waals surface area contributed by atoms with Gasteiger partial charge in [0.2, 0.25) is 0 Å². The molecule has 0 atom stereocenters. The highest BCUT2D eigenvalue weighted by Crippen LogP contribution is 2.44. The SMILES string of the molecule is COC(=O)CSc1c(O)cc(C)c(O)c1OC. The second-order valence-corrected chi connectivity index (χ2v) is 4.27. The van der Waals surface area contributed by atoms with E-state index in [1.807, 2.05) is 0 Å². The van der Waals surface area contributed by atoms with Gasteiger partial charge in [0.05, 0.1) is 24.9 Å². The lowest BCUT2D eigenvalue weighted by Crippen LogP contribution is -2.03. The van der Waals surface area contributed by atoms with Gasteiger partial charge in [0, 0.05) is 0 Å². The smallest absolute Gasteiger partial charge is 0.315 e. The van der Waals surface area contributed by atoms with Crippen molar-refractivity contribution >= 4 is 17.7 Å². The Bertz CT molecular complexity index is 430. The number of aryl methyl sites for hydroxylation is 1. The summed E-state index contributed by atoms with van der Waals surface area (Å²) in [4.78, 5) is 11.3. The van der Waals surface area contributed by atoms with Crippen molar-refractivity contribution in [2.75, 3.05) is 20.0 Å². The number of aromatic hydroxyl groups is 2. The second-order valence-electron chi connectivity index (χ2n) is 3.29. The molecule has 1 rings (SSSR count). The Kier molecular flexibility index (Phi) is 4.51. The van der Waals surface area contributed by atoms with E-state index in [2.05, 4.69) is 4.74 Å². The average molecular weight is 258 g/mol. The van der Waals surface area contributed by atoms with Crippen molar-refractivity contribution in [3.05, 3.63) is 11.6 Å². The van der Waals surface area contributed by atoms with E-state index in [1.165, 1.54) is 20.3 Å². The number of esters is 1. The van der Waals surface area contributed by atoms with E-state index in [9.17, 15) is 15.0 Å². The number of ether oxygens (including phenoxy) is 2. The van der Waals surface area contributed by atoms with Crippen LogP contribution < -0.4 is 4.74 Å². The van der Waals surface area contributed by atoms with Crippen LogP contribution in [-0.2, 0) is 9.53 Å². The van der Waals surface area contributed by atoms with Crippen molar-refractivity contribution in [3.63, 3.8) is 0 Å². The number of phenols is 2. The molecule has 2 N–H and O–H groups in total. The summed E-state index contributed by atoms with van der Waals surface area (Å²) >= 11 is 1.04. The number of carbonyl (C=O) groups excluding carboxylic acids is 1. The maximum Gasteiger partial charge on any atom is 0.315 e. The maximum absolute atomic E-state index is 11.0. The van der Waals surface area contributed by atoms with Gasteiger partial charge in [-0.25, -0.2) is 0 Å². The van der Waals surface area contributed by atoms with Crippen LogP contribution in [0.5, 0.6) is 17.2 Å². The van der Waals surface area contributed by atoms with Crippen LogP contribution in [-0.4, -0.2) is 36.2 Å². The zero-order chi connectivity index (χ0) is 13.0. The number of hydrogen-bond donors (Lipinski definition) is 2. The highest BCUT2D eigenvalue weighted by molar-refractivity contribution is 8.00. The van der Waals surface area contributed by atoms with Crippen LogP contribution >= 0.6 is 11.8 Å². The number of methoxy groups -OCH3 is 2. The molecule has 0 bridgehead atoms. The van der Waals surface area contributed by atoms with E-state index < -0.39 is 5.97 Å². The van der Waals surface area contributed by atoms with Crippen LogP contribution in [0.1, 0.15) is 5.56 Å². The third-order valence-electron chi connectivity index (χ3n) is 2.15. The molecule has 17 heavy (non-hydrogen) atoms. The van der Waals surface area contributed by atoms with Gasteiger partial charge in [0.25, 0.3) is 0 Å². The summed E-state index contributed by atoms with van der Waals surface area (Å²) in [6.45, 7) is 1.65. The van der Waals surface area contributed by atoms with Gasteiger partial charge in [-0.2, -0.15) is 0 Å². The molecular weight excluding hydrogens is 244 g/mol. The predicted octanol–water partition coefficient (Wildman–Crippen LogP) is 1.68. The fourth-order valence-corrected chi connectivity index (χ4v) is 2.16. The molecule has 0 amide bonds. The Labute approximate surface area is 103 Å². The summed E-state index contributed by atoms with van der Waals surface area (Å²) in [6, 6.07) is 1.41. The summed E-state index contributed by atoms with van der Waals surface area (Å²) in [6.07, 6.45) is 0. The predicted molar refractivity (Wildman–Crippen MR) is 63.8 cm³/mol. The molecule has 0 aliphatic rings. The number of rotatable bonds is 4. The molecule has 5 nitrogen and oxygen atoms in total. The van der Waals surface area contributed by atoms with Gasteiger partial charge >= 0.3 is 5.97 Å². The lowest BCUT2D eigenvalue weighted by molar-refractivity contribution is -0.137. The van der Waals surface area contributed by atoms with E-state index >= 15 is 0 Å². The monoisotopic (exact) mass is 258 g/mol. The van der Waals surface area contributed by atoms with Gasteiger partial charge in [-0.1, -0.05) is 0 Å². The molecule has 1 aromatic carbocycles. The first-order valence-electron chi connectivity index (χ1n) is 4.80. The first-order valence-corrected chi connectivity index (χ1v) is 5.79. The number of carbonyl (C=O) groups is 1. The van der Waals surface area contributed by atoms with Crippen LogP contribution in [0.25, 0.3) is 0 Å². The molecular formula is C11H14O5S. The summed E-state index contributed by atoms with van der Waals surface area (Å²) in [5.74, 6) is -0.306. The van der Waals surface area contributed by atoms with E-state index in [0.717, 1.165) is 11.8 Å². The lowest BCUT2D eigenvalue weighted by Gasteiger charge is -2.13. The molecule has 94 valence electrons. The quantitative estimate of drug-likeness (QED) is 0.486. The molecule has 6 heteroatoms. The number of benzene rings is 1. The molecule has 0 fully saturated rings. The van der Waals surface area contributed by atoms with Crippen LogP contribution in [0.15, 0.2) is 11.0 Å². The van der Waals surface area contributed by atoms with E-state index in [-0.39, 0.29) is 23.0 Å². The first-order chi connectivity index (χ1) is 8.01. The van der Waals surface area contributed by atoms with Gasteiger partial charge in [0.1, 0.15) is 5.75 Å². The Morgan fingerprint density at radius 2 is 2.06 bits per heavy atom. The third-order valence-corrected chi connectivity index (χ3v) is 3.21. The standard InChI is InChI=1S/C11H14O5S/c1-6-4-7(12)11(10(16-3)9(6)14)17-5-8(13)15-2/h4,12,14H,5H2,1-3H3. The van der Waals surface area contributed by atoms with E-state index in [4.69, 9.17) is 4.74 Å². The van der Waals surface area contributed by atoms with Crippen LogP contribution in [0.3, 0.4) is 0 Å². The first kappa shape index (κ1) is 13.5. The summed E-state index contributed by atoms with van der Waals surface area (Å²) in [5.41, 5.74) is 0.502. The Hall–Kier alpha value is -1.56. The fraction of sp³-hybridized carbons (Fsp3) is 0.364. The molecule has 0 saturated carbocycles. The number of phenolic OH excluding ortho intramolecular Hbond substituents is 2. The molecule has 0 heterocycles. The third kappa shape index (κ3) is 2.97. The Morgan fingerprint density at radius 3 is 2.59 bits per heavy atom.